The van der Waals surface area contributed by atoms with Gasteiger partial charge in [0.25, 0.3) is 0 Å². The summed E-state index contributed by atoms with van der Waals surface area (Å²) in [6, 6.07) is 58.7. The molecule has 7 aromatic carbocycles. The van der Waals surface area contributed by atoms with Gasteiger partial charge in [-0.1, -0.05) is 60.7 Å². The third-order valence-electron chi connectivity index (χ3n) is 10.9. The predicted octanol–water partition coefficient (Wildman–Crippen LogP) is 11.0. The average Bonchev–Trinajstić information content (AvgIpc) is 3.82. The highest BCUT2D eigenvalue weighted by molar-refractivity contribution is 6.12. The van der Waals surface area contributed by atoms with Gasteiger partial charge < -0.3 is 9.13 Å². The molecule has 0 amide bonds. The van der Waals surface area contributed by atoms with Gasteiger partial charge in [0.15, 0.2) is 5.82 Å². The Balaban J connectivity index is 1.37. The van der Waals surface area contributed by atoms with E-state index in [1.807, 2.05) is 112 Å². The molecular weight excluding hydrogens is 739 g/mol. The number of hydrogen-bond acceptors (Lipinski definition) is 7. The Kier molecular flexibility index (Phi) is 8.19. The van der Waals surface area contributed by atoms with Gasteiger partial charge in [0.2, 0.25) is 0 Å². The lowest BCUT2D eigenvalue weighted by atomic mass is 10.0. The second-order valence-electron chi connectivity index (χ2n) is 14.2. The largest absolute Gasteiger partial charge is 0.308 e. The first kappa shape index (κ1) is 35.1. The van der Waals surface area contributed by atoms with Crippen LogP contribution in [0, 0.1) is 56.7 Å². The van der Waals surface area contributed by atoms with E-state index in [0.29, 0.717) is 62.0 Å². The lowest BCUT2D eigenvalue weighted by molar-refractivity contribution is 1.11. The minimum Gasteiger partial charge on any atom is -0.308 e. The summed E-state index contributed by atoms with van der Waals surface area (Å²) in [6.07, 6.45) is 0. The number of nitrogens with zero attached hydrogens (tertiary/aromatic N) is 9. The van der Waals surface area contributed by atoms with Crippen molar-refractivity contribution in [3.05, 3.63) is 179 Å². The van der Waals surface area contributed by atoms with E-state index >= 15 is 0 Å². The Morgan fingerprint density at radius 2 is 0.700 bits per heavy atom. The molecule has 0 aliphatic carbocycles. The summed E-state index contributed by atoms with van der Waals surface area (Å²) in [5.41, 5.74) is 9.92. The molecule has 0 unspecified atom stereocenters. The zero-order valence-electron chi connectivity index (χ0n) is 31.5. The first-order valence-corrected chi connectivity index (χ1v) is 18.9. The molecule has 0 saturated carbocycles. The molecule has 9 nitrogen and oxygen atoms in total. The monoisotopic (exact) mass is 763 g/mol. The van der Waals surface area contributed by atoms with Crippen LogP contribution in [0.5, 0.6) is 0 Å². The first-order chi connectivity index (χ1) is 29.5. The number of benzene rings is 7. The molecule has 0 bridgehead atoms. The van der Waals surface area contributed by atoms with Crippen molar-refractivity contribution < 1.29 is 0 Å². The average molecular weight is 764 g/mol. The fourth-order valence-electron chi connectivity index (χ4n) is 8.14. The third kappa shape index (κ3) is 5.59. The maximum Gasteiger partial charge on any atom is 0.160 e. The molecular formula is C51H25N9. The molecule has 274 valence electrons. The number of nitriles is 5. The topological polar surface area (TPSA) is 155 Å². The molecule has 3 heterocycles. The number of fused-ring (bicyclic) bond motifs is 6. The second-order valence-corrected chi connectivity index (χ2v) is 14.2. The molecule has 3 aromatic heterocycles. The summed E-state index contributed by atoms with van der Waals surface area (Å²) in [5.74, 6) is 0.417. The van der Waals surface area contributed by atoms with Crippen molar-refractivity contribution in [1.82, 2.24) is 19.1 Å². The van der Waals surface area contributed by atoms with E-state index < -0.39 is 0 Å². The lowest BCUT2D eigenvalue weighted by Gasteiger charge is -2.18. The van der Waals surface area contributed by atoms with Gasteiger partial charge >= 0.3 is 0 Å². The first-order valence-electron chi connectivity index (χ1n) is 18.9. The highest BCUT2D eigenvalue weighted by atomic mass is 15.0. The van der Waals surface area contributed by atoms with Crippen molar-refractivity contribution in [3.8, 4) is 75.6 Å². The van der Waals surface area contributed by atoms with Gasteiger partial charge in [-0.2, -0.15) is 26.3 Å². The summed E-state index contributed by atoms with van der Waals surface area (Å²) >= 11 is 0. The minimum atomic E-state index is 0.321. The Morgan fingerprint density at radius 3 is 1.02 bits per heavy atom. The molecule has 9 heteroatoms. The molecule has 60 heavy (non-hydrogen) atoms. The van der Waals surface area contributed by atoms with Crippen LogP contribution < -0.4 is 0 Å². The van der Waals surface area contributed by atoms with Crippen LogP contribution in [0.2, 0.25) is 0 Å². The minimum absolute atomic E-state index is 0.321. The summed E-state index contributed by atoms with van der Waals surface area (Å²) in [5, 5.41) is 54.1. The fourth-order valence-corrected chi connectivity index (χ4v) is 8.14. The summed E-state index contributed by atoms with van der Waals surface area (Å²) in [6.45, 7) is 0. The second kappa shape index (κ2) is 14.0. The van der Waals surface area contributed by atoms with Gasteiger partial charge in [-0.15, -0.1) is 0 Å². The van der Waals surface area contributed by atoms with E-state index in [0.717, 1.165) is 54.7 Å². The van der Waals surface area contributed by atoms with Crippen molar-refractivity contribution in [1.29, 1.82) is 26.3 Å². The van der Waals surface area contributed by atoms with E-state index in [1.54, 1.807) is 48.5 Å². The van der Waals surface area contributed by atoms with Gasteiger partial charge in [-0.3, -0.25) is 0 Å². The van der Waals surface area contributed by atoms with Crippen LogP contribution in [0.15, 0.2) is 152 Å². The summed E-state index contributed by atoms with van der Waals surface area (Å²) in [4.78, 5) is 10.4. The smallest absolute Gasteiger partial charge is 0.160 e. The van der Waals surface area contributed by atoms with Crippen molar-refractivity contribution in [2.45, 2.75) is 0 Å². The molecule has 0 spiro atoms. The molecule has 0 N–H and O–H groups in total. The molecule has 0 saturated heterocycles. The van der Waals surface area contributed by atoms with Crippen molar-refractivity contribution in [3.63, 3.8) is 0 Å². The van der Waals surface area contributed by atoms with E-state index in [2.05, 4.69) is 30.3 Å². The molecule has 0 aliphatic rings. The van der Waals surface area contributed by atoms with E-state index in [-0.39, 0.29) is 0 Å². The van der Waals surface area contributed by atoms with Gasteiger partial charge in [0.1, 0.15) is 11.6 Å². The molecule has 0 aliphatic heterocycles. The van der Waals surface area contributed by atoms with Gasteiger partial charge in [-0.05, 0) is 91.0 Å². The van der Waals surface area contributed by atoms with E-state index in [4.69, 9.17) is 9.97 Å². The van der Waals surface area contributed by atoms with Crippen LogP contribution in [-0.4, -0.2) is 19.1 Å². The van der Waals surface area contributed by atoms with E-state index in [9.17, 15) is 26.3 Å². The maximum atomic E-state index is 11.4. The van der Waals surface area contributed by atoms with Gasteiger partial charge in [0.05, 0.1) is 91.4 Å². The lowest BCUT2D eigenvalue weighted by Crippen LogP contribution is -2.06. The van der Waals surface area contributed by atoms with Crippen molar-refractivity contribution in [2.24, 2.45) is 0 Å². The van der Waals surface area contributed by atoms with Crippen LogP contribution in [0.1, 0.15) is 27.8 Å². The Hall–Kier alpha value is -9.33. The van der Waals surface area contributed by atoms with Crippen molar-refractivity contribution in [2.75, 3.05) is 0 Å². The van der Waals surface area contributed by atoms with Gasteiger partial charge in [0, 0.05) is 38.2 Å². The van der Waals surface area contributed by atoms with Crippen LogP contribution >= 0.6 is 0 Å². The summed E-state index contributed by atoms with van der Waals surface area (Å²) < 4.78 is 3.99. The SMILES string of the molecule is N#Cc1ccc2c(c1)c1cc(C#N)ccc1n2-c1cc(-c2nc(-c3ccccc3)cc(-c3ccccc3)n2)cc(-n2c3ccc(C#N)cc3c3cc(C#N)ccc32)c1C#N. The molecule has 10 rings (SSSR count). The quantitative estimate of drug-likeness (QED) is 0.169. The third-order valence-corrected chi connectivity index (χ3v) is 10.9. The van der Waals surface area contributed by atoms with Crippen LogP contribution in [-0.2, 0) is 0 Å². The number of aromatic nitrogens is 4. The number of hydrogen-bond donors (Lipinski definition) is 0. The predicted molar refractivity (Wildman–Crippen MR) is 231 cm³/mol. The Bertz CT molecular complexity index is 3280. The Morgan fingerprint density at radius 1 is 0.350 bits per heavy atom. The highest BCUT2D eigenvalue weighted by Crippen LogP contribution is 2.41. The molecule has 0 radical (unpaired) electrons. The highest BCUT2D eigenvalue weighted by Gasteiger charge is 2.24. The standard InChI is InChI=1S/C51H25N9/c52-26-31-11-15-45-38(19-31)39-20-32(27-53)12-16-46(39)59(45)49-23-37(51-57-43(35-7-3-1-4-8-35)25-44(58-51)36-9-5-2-6-10-36)24-50(42(49)30-56)60-47-17-13-33(28-54)21-40(47)41-22-34(29-55)14-18-48(41)60/h1-25H. The zero-order chi connectivity index (χ0) is 40.9. The number of rotatable bonds is 5. The van der Waals surface area contributed by atoms with Crippen molar-refractivity contribution >= 4 is 43.6 Å². The Labute approximate surface area is 343 Å². The van der Waals surface area contributed by atoms with Crippen LogP contribution in [0.3, 0.4) is 0 Å². The molecule has 0 fully saturated rings. The van der Waals surface area contributed by atoms with Gasteiger partial charge in [-0.25, -0.2) is 9.97 Å². The summed E-state index contributed by atoms with van der Waals surface area (Å²) in [7, 11) is 0. The van der Waals surface area contributed by atoms with Crippen LogP contribution in [0.4, 0.5) is 0 Å². The molecule has 0 atom stereocenters. The normalized spacial score (nSPS) is 10.9. The zero-order valence-corrected chi connectivity index (χ0v) is 31.5. The van der Waals surface area contributed by atoms with E-state index in [1.165, 1.54) is 0 Å². The maximum absolute atomic E-state index is 11.4. The molecule has 10 aromatic rings. The fraction of sp³-hybridized carbons (Fsp3) is 0. The van der Waals surface area contributed by atoms with Crippen LogP contribution in [0.25, 0.3) is 88.9 Å².